The summed E-state index contributed by atoms with van der Waals surface area (Å²) in [6.45, 7) is 6.38. The molecule has 28 heavy (non-hydrogen) atoms. The van der Waals surface area contributed by atoms with Crippen molar-refractivity contribution < 1.29 is 4.79 Å². The molecule has 1 fully saturated rings. The van der Waals surface area contributed by atoms with Crippen LogP contribution < -0.4 is 10.6 Å². The van der Waals surface area contributed by atoms with E-state index in [1.165, 1.54) is 25.9 Å². The minimum atomic E-state index is 0. The first kappa shape index (κ1) is 24.7. The quantitative estimate of drug-likeness (QED) is 0.327. The molecule has 1 aromatic carbocycles. The van der Waals surface area contributed by atoms with Crippen molar-refractivity contribution in [1.82, 2.24) is 20.4 Å². The zero-order valence-corrected chi connectivity index (χ0v) is 20.0. The molecule has 1 aromatic rings. The highest BCUT2D eigenvalue weighted by atomic mass is 127. The lowest BCUT2D eigenvalue weighted by Crippen LogP contribution is -2.46. The Morgan fingerprint density at radius 2 is 1.96 bits per heavy atom. The Labute approximate surface area is 187 Å². The number of carbonyl (C=O) groups excluding carboxylic acids is 1. The fourth-order valence-electron chi connectivity index (χ4n) is 3.52. The van der Waals surface area contributed by atoms with E-state index in [9.17, 15) is 4.79 Å². The van der Waals surface area contributed by atoms with Crippen molar-refractivity contribution in [3.63, 3.8) is 0 Å². The zero-order valence-electron chi connectivity index (χ0n) is 17.7. The molecule has 1 unspecified atom stereocenters. The first-order valence-electron chi connectivity index (χ1n) is 10.0. The van der Waals surface area contributed by atoms with Gasteiger partial charge in [0.05, 0.1) is 0 Å². The van der Waals surface area contributed by atoms with Crippen LogP contribution in [0.1, 0.15) is 42.1 Å². The van der Waals surface area contributed by atoms with Crippen molar-refractivity contribution >= 4 is 35.8 Å². The molecule has 1 aliphatic rings. The Morgan fingerprint density at radius 1 is 1.25 bits per heavy atom. The molecule has 0 radical (unpaired) electrons. The Balaban J connectivity index is 0.00000392. The van der Waals surface area contributed by atoms with E-state index in [1.54, 1.807) is 19.0 Å². The predicted octanol–water partition coefficient (Wildman–Crippen LogP) is 2.59. The third-order valence-electron chi connectivity index (χ3n) is 5.14. The van der Waals surface area contributed by atoms with Crippen molar-refractivity contribution in [2.45, 2.75) is 38.6 Å². The molecule has 1 atom stereocenters. The maximum absolute atomic E-state index is 12.1. The summed E-state index contributed by atoms with van der Waals surface area (Å²) in [5.74, 6) is 0.878. The number of rotatable bonds is 8. The lowest BCUT2D eigenvalue weighted by molar-refractivity contribution is 0.0827. The number of halogens is 1. The van der Waals surface area contributed by atoms with Gasteiger partial charge >= 0.3 is 0 Å². The summed E-state index contributed by atoms with van der Waals surface area (Å²) >= 11 is 0. The van der Waals surface area contributed by atoms with Gasteiger partial charge in [0.1, 0.15) is 0 Å². The fourth-order valence-corrected chi connectivity index (χ4v) is 3.52. The number of nitrogens with zero attached hydrogens (tertiary/aromatic N) is 3. The van der Waals surface area contributed by atoms with E-state index in [0.29, 0.717) is 6.04 Å². The summed E-state index contributed by atoms with van der Waals surface area (Å²) in [5, 5.41) is 6.85. The molecule has 7 heteroatoms. The highest BCUT2D eigenvalue weighted by Crippen LogP contribution is 2.13. The minimum absolute atomic E-state index is 0. The van der Waals surface area contributed by atoms with Gasteiger partial charge in [0.15, 0.2) is 5.96 Å². The van der Waals surface area contributed by atoms with Gasteiger partial charge in [-0.15, -0.1) is 24.0 Å². The summed E-state index contributed by atoms with van der Waals surface area (Å²) < 4.78 is 0. The van der Waals surface area contributed by atoms with Gasteiger partial charge in [0.2, 0.25) is 0 Å². The number of guanidine groups is 1. The monoisotopic (exact) mass is 501 g/mol. The van der Waals surface area contributed by atoms with E-state index in [-0.39, 0.29) is 29.9 Å². The third kappa shape index (κ3) is 7.58. The number of benzene rings is 1. The van der Waals surface area contributed by atoms with E-state index >= 15 is 0 Å². The van der Waals surface area contributed by atoms with Gasteiger partial charge in [-0.2, -0.15) is 0 Å². The number of aliphatic imine (C=N–C) groups is 1. The topological polar surface area (TPSA) is 60.0 Å². The number of nitrogens with one attached hydrogen (secondary N) is 2. The average molecular weight is 501 g/mol. The van der Waals surface area contributed by atoms with Gasteiger partial charge in [0.25, 0.3) is 5.91 Å². The lowest BCUT2D eigenvalue weighted by atomic mass is 10.1. The molecular weight excluding hydrogens is 465 g/mol. The second-order valence-corrected chi connectivity index (χ2v) is 7.33. The largest absolute Gasteiger partial charge is 0.356 e. The minimum Gasteiger partial charge on any atom is -0.356 e. The van der Waals surface area contributed by atoms with Crippen molar-refractivity contribution in [3.8, 4) is 0 Å². The number of hydrogen-bond acceptors (Lipinski definition) is 3. The molecule has 1 amide bonds. The van der Waals surface area contributed by atoms with Gasteiger partial charge in [-0.1, -0.05) is 19.1 Å². The highest BCUT2D eigenvalue weighted by Gasteiger charge is 2.20. The Hall–Kier alpha value is -1.35. The van der Waals surface area contributed by atoms with E-state index < -0.39 is 0 Å². The summed E-state index contributed by atoms with van der Waals surface area (Å²) in [7, 11) is 5.36. The predicted molar refractivity (Wildman–Crippen MR) is 128 cm³/mol. The lowest BCUT2D eigenvalue weighted by Gasteiger charge is -2.27. The molecule has 0 aliphatic carbocycles. The normalized spacial score (nSPS) is 15.6. The molecule has 0 bridgehead atoms. The number of amides is 1. The molecule has 1 aliphatic heterocycles. The summed E-state index contributed by atoms with van der Waals surface area (Å²) in [6, 6.07) is 8.41. The number of likely N-dealkylation sites (tertiary alicyclic amines) is 1. The van der Waals surface area contributed by atoms with Crippen LogP contribution in [-0.4, -0.2) is 75.0 Å². The van der Waals surface area contributed by atoms with Crippen LogP contribution in [0.25, 0.3) is 0 Å². The van der Waals surface area contributed by atoms with Crippen LogP contribution in [0.5, 0.6) is 0 Å². The number of hydrogen-bond donors (Lipinski definition) is 2. The highest BCUT2D eigenvalue weighted by molar-refractivity contribution is 14.0. The van der Waals surface area contributed by atoms with Gasteiger partial charge in [-0.3, -0.25) is 14.7 Å². The van der Waals surface area contributed by atoms with Crippen LogP contribution >= 0.6 is 24.0 Å². The summed E-state index contributed by atoms with van der Waals surface area (Å²) in [6.07, 6.45) is 4.63. The van der Waals surface area contributed by atoms with Crippen molar-refractivity contribution in [1.29, 1.82) is 0 Å². The first-order valence-corrected chi connectivity index (χ1v) is 10.0. The zero-order chi connectivity index (χ0) is 19.6. The van der Waals surface area contributed by atoms with Crippen molar-refractivity contribution in [2.75, 3.05) is 47.3 Å². The van der Waals surface area contributed by atoms with Crippen LogP contribution in [-0.2, 0) is 6.42 Å². The fraction of sp³-hybridized carbons (Fsp3) is 0.619. The molecular formula is C21H36IN5O. The number of carbonyl (C=O) groups is 1. The summed E-state index contributed by atoms with van der Waals surface area (Å²) in [4.78, 5) is 20.6. The maximum Gasteiger partial charge on any atom is 0.253 e. The van der Waals surface area contributed by atoms with E-state index in [4.69, 9.17) is 0 Å². The van der Waals surface area contributed by atoms with Crippen LogP contribution in [0.3, 0.4) is 0 Å². The Kier molecular flexibility index (Phi) is 11.4. The van der Waals surface area contributed by atoms with E-state index in [0.717, 1.165) is 43.0 Å². The van der Waals surface area contributed by atoms with Gasteiger partial charge < -0.3 is 15.5 Å². The molecule has 2 rings (SSSR count). The van der Waals surface area contributed by atoms with E-state index in [2.05, 4.69) is 33.5 Å². The van der Waals surface area contributed by atoms with Crippen molar-refractivity contribution in [2.24, 2.45) is 4.99 Å². The molecule has 0 saturated carbocycles. The van der Waals surface area contributed by atoms with Gasteiger partial charge in [-0.05, 0) is 56.5 Å². The molecule has 2 N–H and O–H groups in total. The average Bonchev–Trinajstić information content (AvgIpc) is 3.21. The Morgan fingerprint density at radius 3 is 2.57 bits per heavy atom. The standard InChI is InChI=1S/C21H35N5O.HI/c1-5-19(26-13-6-7-14-26)16-24-21(22-2)23-12-11-17-9-8-10-18(15-17)20(27)25(3)4;/h8-10,15,19H,5-7,11-14,16H2,1-4H3,(H2,22,23,24);1H. The molecule has 1 saturated heterocycles. The molecule has 1 heterocycles. The molecule has 0 aromatic heterocycles. The SMILES string of the molecule is CCC(CNC(=NC)NCCc1cccc(C(=O)N(C)C)c1)N1CCCC1.I. The maximum atomic E-state index is 12.1. The molecule has 158 valence electrons. The third-order valence-corrected chi connectivity index (χ3v) is 5.14. The second kappa shape index (κ2) is 13.0. The second-order valence-electron chi connectivity index (χ2n) is 7.33. The smallest absolute Gasteiger partial charge is 0.253 e. The van der Waals surface area contributed by atoms with Crippen LogP contribution in [0.4, 0.5) is 0 Å². The van der Waals surface area contributed by atoms with Crippen molar-refractivity contribution in [3.05, 3.63) is 35.4 Å². The molecule has 0 spiro atoms. The van der Waals surface area contributed by atoms with Gasteiger partial charge in [0, 0.05) is 45.8 Å². The summed E-state index contributed by atoms with van der Waals surface area (Å²) in [5.41, 5.74) is 1.88. The Bertz CT molecular complexity index is 629. The van der Waals surface area contributed by atoms with Crippen LogP contribution in [0.15, 0.2) is 29.3 Å². The van der Waals surface area contributed by atoms with Gasteiger partial charge in [-0.25, -0.2) is 0 Å². The van der Waals surface area contributed by atoms with E-state index in [1.807, 2.05) is 25.2 Å². The van der Waals surface area contributed by atoms with Crippen LogP contribution in [0, 0.1) is 0 Å². The molecule has 6 nitrogen and oxygen atoms in total. The first-order chi connectivity index (χ1) is 13.0. The van der Waals surface area contributed by atoms with Crippen LogP contribution in [0.2, 0.25) is 0 Å².